The number of carbonyl (C=O) groups excluding carboxylic acids is 2. The highest BCUT2D eigenvalue weighted by molar-refractivity contribution is 5.74. The number of hydrogen-bond donors (Lipinski definition) is 0. The van der Waals surface area contributed by atoms with Crippen LogP contribution in [0, 0.1) is 11.8 Å². The minimum atomic E-state index is -1.98. The molecular formula is C25H37NO4. The van der Waals surface area contributed by atoms with Gasteiger partial charge >= 0.3 is 12.1 Å². The molecule has 0 spiro atoms. The van der Waals surface area contributed by atoms with Gasteiger partial charge in [0.05, 0.1) is 5.92 Å². The van der Waals surface area contributed by atoms with Crippen LogP contribution in [0.3, 0.4) is 0 Å². The predicted molar refractivity (Wildman–Crippen MR) is 119 cm³/mol. The molecule has 1 aromatic rings. The lowest BCUT2D eigenvalue weighted by atomic mass is 9.85. The first-order chi connectivity index (χ1) is 14.6. The molecule has 1 aromatic carbocycles. The molecule has 0 aliphatic carbocycles. The number of nitrogens with zero attached hydrogens (tertiary/aromatic N) is 1. The molecule has 0 aromatic heterocycles. The SMILES string of the molecule is [2H]C([2H])(c1cccc(CC=C)c1)[C@H](C(=O)OC(C)(C)C)[C@H]1CCN(C(=O)OC(C)(C)C)C1. The van der Waals surface area contributed by atoms with Crippen LogP contribution in [0.4, 0.5) is 4.79 Å². The van der Waals surface area contributed by atoms with E-state index >= 15 is 0 Å². The van der Waals surface area contributed by atoms with Gasteiger partial charge in [0, 0.05) is 15.8 Å². The summed E-state index contributed by atoms with van der Waals surface area (Å²) in [5.41, 5.74) is -0.0333. The quantitative estimate of drug-likeness (QED) is 0.473. The molecule has 5 nitrogen and oxygen atoms in total. The molecule has 1 amide bonds. The van der Waals surface area contributed by atoms with E-state index in [4.69, 9.17) is 12.2 Å². The van der Waals surface area contributed by atoms with Crippen LogP contribution in [0.2, 0.25) is 0 Å². The van der Waals surface area contributed by atoms with E-state index in [1.165, 1.54) is 0 Å². The normalized spacial score (nSPS) is 19.5. The molecule has 2 atom stereocenters. The van der Waals surface area contributed by atoms with Crippen molar-refractivity contribution in [1.29, 1.82) is 0 Å². The summed E-state index contributed by atoms with van der Waals surface area (Å²) in [5, 5.41) is 0. The van der Waals surface area contributed by atoms with E-state index in [9.17, 15) is 9.59 Å². The Kier molecular flexibility index (Phi) is 6.76. The fourth-order valence-corrected chi connectivity index (χ4v) is 3.42. The Bertz CT molecular complexity index is 839. The van der Waals surface area contributed by atoms with Crippen LogP contribution in [-0.2, 0) is 27.1 Å². The highest BCUT2D eigenvalue weighted by Gasteiger charge is 2.39. The van der Waals surface area contributed by atoms with E-state index in [2.05, 4.69) is 6.58 Å². The minimum absolute atomic E-state index is 0.241. The van der Waals surface area contributed by atoms with Gasteiger partial charge in [-0.25, -0.2) is 4.79 Å². The van der Waals surface area contributed by atoms with Crippen LogP contribution < -0.4 is 0 Å². The first-order valence-corrected chi connectivity index (χ1v) is 10.5. The number of benzene rings is 1. The molecule has 2 rings (SSSR count). The van der Waals surface area contributed by atoms with E-state index in [0.29, 0.717) is 24.9 Å². The first kappa shape index (κ1) is 21.0. The molecule has 1 aliphatic heterocycles. The van der Waals surface area contributed by atoms with Crippen molar-refractivity contribution in [2.24, 2.45) is 11.8 Å². The van der Waals surface area contributed by atoms with Gasteiger partial charge < -0.3 is 14.4 Å². The molecule has 0 radical (unpaired) electrons. The van der Waals surface area contributed by atoms with E-state index < -0.39 is 41.5 Å². The third-order valence-corrected chi connectivity index (χ3v) is 4.64. The Morgan fingerprint density at radius 1 is 1.20 bits per heavy atom. The fraction of sp³-hybridized carbons (Fsp3) is 0.600. The summed E-state index contributed by atoms with van der Waals surface area (Å²) in [6, 6.07) is 7.17. The van der Waals surface area contributed by atoms with Gasteiger partial charge in [-0.3, -0.25) is 4.79 Å². The smallest absolute Gasteiger partial charge is 0.410 e. The molecule has 0 saturated carbocycles. The molecule has 1 fully saturated rings. The summed E-state index contributed by atoms with van der Waals surface area (Å²) in [5.74, 6) is -2.05. The molecule has 0 N–H and O–H groups in total. The maximum atomic E-state index is 13.3. The number of carbonyl (C=O) groups is 2. The second-order valence-corrected chi connectivity index (χ2v) is 9.82. The third-order valence-electron chi connectivity index (χ3n) is 4.64. The number of amides is 1. The van der Waals surface area contributed by atoms with Crippen LogP contribution in [0.1, 0.15) is 61.8 Å². The largest absolute Gasteiger partial charge is 0.460 e. The van der Waals surface area contributed by atoms with E-state index in [-0.39, 0.29) is 6.54 Å². The summed E-state index contributed by atoms with van der Waals surface area (Å²) in [6.07, 6.45) is 0.437. The van der Waals surface area contributed by atoms with E-state index in [0.717, 1.165) is 5.56 Å². The van der Waals surface area contributed by atoms with Gasteiger partial charge in [-0.2, -0.15) is 0 Å². The summed E-state index contributed by atoms with van der Waals surface area (Å²) < 4.78 is 29.1. The zero-order chi connectivity index (χ0) is 24.3. The average Bonchev–Trinajstić information content (AvgIpc) is 3.08. The molecule has 0 bridgehead atoms. The number of likely N-dealkylation sites (tertiary alicyclic amines) is 1. The molecule has 166 valence electrons. The number of esters is 1. The lowest BCUT2D eigenvalue weighted by molar-refractivity contribution is -0.161. The summed E-state index contributed by atoms with van der Waals surface area (Å²) in [6.45, 7) is 15.1. The maximum absolute atomic E-state index is 13.3. The highest BCUT2D eigenvalue weighted by Crippen LogP contribution is 2.30. The minimum Gasteiger partial charge on any atom is -0.460 e. The Morgan fingerprint density at radius 3 is 2.43 bits per heavy atom. The monoisotopic (exact) mass is 417 g/mol. The van der Waals surface area contributed by atoms with Gasteiger partial charge in [0.15, 0.2) is 0 Å². The number of hydrogen-bond acceptors (Lipinski definition) is 4. The van der Waals surface area contributed by atoms with Crippen molar-refractivity contribution in [3.8, 4) is 0 Å². The Labute approximate surface area is 184 Å². The van der Waals surface area contributed by atoms with Crippen molar-refractivity contribution in [2.75, 3.05) is 13.1 Å². The first-order valence-electron chi connectivity index (χ1n) is 11.5. The molecule has 30 heavy (non-hydrogen) atoms. The highest BCUT2D eigenvalue weighted by atomic mass is 16.6. The summed E-state index contributed by atoms with van der Waals surface area (Å²) in [4.78, 5) is 27.4. The lowest BCUT2D eigenvalue weighted by Crippen LogP contribution is -2.38. The molecule has 0 unspecified atom stereocenters. The Morgan fingerprint density at radius 2 is 1.83 bits per heavy atom. The molecule has 5 heteroatoms. The lowest BCUT2D eigenvalue weighted by Gasteiger charge is -2.28. The van der Waals surface area contributed by atoms with E-state index in [1.54, 1.807) is 70.7 Å². The van der Waals surface area contributed by atoms with Crippen molar-refractivity contribution in [2.45, 2.75) is 72.0 Å². The van der Waals surface area contributed by atoms with Gasteiger partial charge in [-0.1, -0.05) is 30.3 Å². The zero-order valence-corrected chi connectivity index (χ0v) is 19.2. The maximum Gasteiger partial charge on any atom is 0.410 e. The standard InChI is InChI=1S/C25H37NO4/c1-8-10-18-11-9-12-19(15-18)16-21(22(27)29-24(2,3)4)20-13-14-26(17-20)23(28)30-25(5,6)7/h8-9,11-12,15,20-21H,1,10,13-14,16-17H2,2-7H3/t20-,21-/m0/s1/i16D2. The number of rotatable bonds is 6. The van der Waals surface area contributed by atoms with Crippen LogP contribution in [0.5, 0.6) is 0 Å². The zero-order valence-electron chi connectivity index (χ0n) is 21.2. The van der Waals surface area contributed by atoms with Crippen LogP contribution >= 0.6 is 0 Å². The van der Waals surface area contributed by atoms with Gasteiger partial charge in [0.25, 0.3) is 0 Å². The van der Waals surface area contributed by atoms with Crippen LogP contribution in [0.15, 0.2) is 36.9 Å². The Hall–Kier alpha value is -2.30. The van der Waals surface area contributed by atoms with Gasteiger partial charge in [-0.15, -0.1) is 6.58 Å². The molecule has 1 aliphatic rings. The van der Waals surface area contributed by atoms with Crippen molar-refractivity contribution < 1.29 is 21.8 Å². The number of ether oxygens (including phenoxy) is 2. The average molecular weight is 418 g/mol. The van der Waals surface area contributed by atoms with E-state index in [1.807, 2.05) is 6.07 Å². The molecule has 1 heterocycles. The second kappa shape index (κ2) is 9.67. The van der Waals surface area contributed by atoms with Crippen LogP contribution in [-0.4, -0.2) is 41.3 Å². The second-order valence-electron chi connectivity index (χ2n) is 9.82. The van der Waals surface area contributed by atoms with Crippen LogP contribution in [0.25, 0.3) is 0 Å². The summed E-state index contributed by atoms with van der Waals surface area (Å²) in [7, 11) is 0. The van der Waals surface area contributed by atoms with Crippen molar-refractivity contribution in [3.63, 3.8) is 0 Å². The van der Waals surface area contributed by atoms with Gasteiger partial charge in [0.2, 0.25) is 0 Å². The van der Waals surface area contributed by atoms with Crippen molar-refractivity contribution >= 4 is 12.1 Å². The molecular weight excluding hydrogens is 378 g/mol. The van der Waals surface area contributed by atoms with Gasteiger partial charge in [0.1, 0.15) is 11.2 Å². The third kappa shape index (κ3) is 7.51. The van der Waals surface area contributed by atoms with Crippen molar-refractivity contribution in [1.82, 2.24) is 4.90 Å². The molecule has 1 saturated heterocycles. The Balaban J connectivity index is 2.36. The van der Waals surface area contributed by atoms with Crippen molar-refractivity contribution in [3.05, 3.63) is 48.0 Å². The summed E-state index contributed by atoms with van der Waals surface area (Å²) >= 11 is 0. The fourth-order valence-electron chi connectivity index (χ4n) is 3.42. The van der Waals surface area contributed by atoms with Gasteiger partial charge in [-0.05, 0) is 77.8 Å². The number of allylic oxidation sites excluding steroid dienone is 1. The topological polar surface area (TPSA) is 55.8 Å². The predicted octanol–water partition coefficient (Wildman–Crippen LogP) is 5.17.